The van der Waals surface area contributed by atoms with Crippen LogP contribution in [0, 0.1) is 11.6 Å². The van der Waals surface area contributed by atoms with E-state index in [4.69, 9.17) is 5.41 Å². The smallest absolute Gasteiger partial charge is 0.191 e. The van der Waals surface area contributed by atoms with E-state index in [0.29, 0.717) is 5.84 Å². The van der Waals surface area contributed by atoms with Gasteiger partial charge in [-0.15, -0.1) is 4.90 Å². The molecule has 0 spiro atoms. The van der Waals surface area contributed by atoms with Crippen LogP contribution in [0.25, 0.3) is 0 Å². The number of hydrogen-bond donors (Lipinski definition) is 1. The molecule has 1 aliphatic rings. The normalized spacial score (nSPS) is 13.4. The fourth-order valence-electron chi connectivity index (χ4n) is 1.48. The van der Waals surface area contributed by atoms with Gasteiger partial charge in [-0.1, -0.05) is 32.6 Å². The van der Waals surface area contributed by atoms with Gasteiger partial charge in [-0.3, -0.25) is 0 Å². The third-order valence-corrected chi connectivity index (χ3v) is 2.35. The van der Waals surface area contributed by atoms with Gasteiger partial charge in [0.15, 0.2) is 5.84 Å². The van der Waals surface area contributed by atoms with E-state index < -0.39 is 0 Å². The third-order valence-electron chi connectivity index (χ3n) is 2.35. The number of nitrogens with one attached hydrogen (secondary N) is 1. The molecule has 0 unspecified atom stereocenters. The second-order valence-corrected chi connectivity index (χ2v) is 3.62. The van der Waals surface area contributed by atoms with Gasteiger partial charge in [0.1, 0.15) is 18.5 Å². The Morgan fingerprint density at radius 2 is 2.07 bits per heavy atom. The number of rotatable bonds is 6. The van der Waals surface area contributed by atoms with Crippen molar-refractivity contribution in [3.8, 4) is 0 Å². The summed E-state index contributed by atoms with van der Waals surface area (Å²) < 4.78 is 0. The molecule has 1 N–H and O–H groups in total. The van der Waals surface area contributed by atoms with Crippen molar-refractivity contribution in [1.82, 2.24) is 4.90 Å². The number of amidine groups is 1. The fraction of sp³-hybridized carbons (Fsp3) is 0.583. The minimum Gasteiger partial charge on any atom is -0.238 e. The molecule has 1 aliphatic heterocycles. The average Bonchev–Trinajstić information content (AvgIpc) is 2.70. The van der Waals surface area contributed by atoms with Crippen LogP contribution in [0.5, 0.6) is 0 Å². The number of nitrogens with zero attached hydrogens (tertiary/aromatic N) is 1. The molecule has 0 radical (unpaired) electrons. The van der Waals surface area contributed by atoms with Crippen molar-refractivity contribution < 1.29 is 0 Å². The van der Waals surface area contributed by atoms with E-state index in [1.165, 1.54) is 25.7 Å². The molecular weight excluding hydrogens is 172 g/mol. The summed E-state index contributed by atoms with van der Waals surface area (Å²) in [5.41, 5.74) is 0. The minimum absolute atomic E-state index is 0.659. The largest absolute Gasteiger partial charge is 0.238 e. The molecule has 2 nitrogen and oxygen atoms in total. The van der Waals surface area contributed by atoms with Crippen LogP contribution < -0.4 is 0 Å². The van der Waals surface area contributed by atoms with E-state index in [1.807, 2.05) is 18.4 Å². The van der Waals surface area contributed by atoms with Crippen molar-refractivity contribution in [3.63, 3.8) is 0 Å². The highest BCUT2D eigenvalue weighted by molar-refractivity contribution is 5.81. The van der Waals surface area contributed by atoms with E-state index in [2.05, 4.69) is 13.1 Å². The molecule has 2 heteroatoms. The van der Waals surface area contributed by atoms with Gasteiger partial charge in [0.25, 0.3) is 0 Å². The highest BCUT2D eigenvalue weighted by Gasteiger charge is 2.14. The highest BCUT2D eigenvalue weighted by Crippen LogP contribution is 2.09. The van der Waals surface area contributed by atoms with Gasteiger partial charge >= 0.3 is 0 Å². The second-order valence-electron chi connectivity index (χ2n) is 3.62. The molecule has 0 aromatic heterocycles. The van der Waals surface area contributed by atoms with Crippen LogP contribution in [-0.2, 0) is 0 Å². The van der Waals surface area contributed by atoms with E-state index in [9.17, 15) is 0 Å². The summed E-state index contributed by atoms with van der Waals surface area (Å²) in [4.78, 5) is 1.76. The zero-order valence-electron chi connectivity index (χ0n) is 8.92. The molecule has 0 aliphatic carbocycles. The summed E-state index contributed by atoms with van der Waals surface area (Å²) in [7, 11) is 0. The molecule has 0 amide bonds. The molecule has 14 heavy (non-hydrogen) atoms. The Hall–Kier alpha value is -1.14. The quantitative estimate of drug-likeness (QED) is 0.296. The van der Waals surface area contributed by atoms with Crippen LogP contribution in [-0.4, -0.2) is 10.7 Å². The Morgan fingerprint density at radius 3 is 2.71 bits per heavy atom. The fourth-order valence-corrected chi connectivity index (χ4v) is 1.48. The van der Waals surface area contributed by atoms with Crippen LogP contribution in [0.3, 0.4) is 0 Å². The van der Waals surface area contributed by atoms with Crippen molar-refractivity contribution in [2.75, 3.05) is 0 Å². The van der Waals surface area contributed by atoms with Crippen molar-refractivity contribution in [3.05, 3.63) is 24.6 Å². The highest BCUT2D eigenvalue weighted by atomic mass is 15.1. The van der Waals surface area contributed by atoms with Crippen LogP contribution in [0.15, 0.2) is 18.4 Å². The van der Waals surface area contributed by atoms with E-state index in [-0.39, 0.29) is 0 Å². The molecule has 0 atom stereocenters. The summed E-state index contributed by atoms with van der Waals surface area (Å²) in [6.45, 7) is 2.22. The molecule has 1 rings (SSSR count). The summed E-state index contributed by atoms with van der Waals surface area (Å²) in [6, 6.07) is 0. The van der Waals surface area contributed by atoms with Gasteiger partial charge in [-0.2, -0.15) is 0 Å². The van der Waals surface area contributed by atoms with Gasteiger partial charge < -0.3 is 0 Å². The van der Waals surface area contributed by atoms with E-state index in [0.717, 1.165) is 12.8 Å². The first-order valence-corrected chi connectivity index (χ1v) is 5.47. The molecule has 0 saturated heterocycles. The monoisotopic (exact) mass is 191 g/mol. The Balaban J connectivity index is 2.03. The lowest BCUT2D eigenvalue weighted by Gasteiger charge is -2.03. The number of unbranched alkanes of at least 4 members (excludes halogenated alkanes) is 4. The van der Waals surface area contributed by atoms with E-state index in [1.54, 1.807) is 4.90 Å². The lowest BCUT2D eigenvalue weighted by molar-refractivity contribution is 0.621. The Kier molecular flexibility index (Phi) is 4.95. The molecule has 0 fully saturated rings. The zero-order chi connectivity index (χ0) is 10.2. The van der Waals surface area contributed by atoms with Crippen LogP contribution in [0.4, 0.5) is 0 Å². The van der Waals surface area contributed by atoms with Crippen molar-refractivity contribution >= 4 is 5.84 Å². The van der Waals surface area contributed by atoms with Crippen LogP contribution in [0.1, 0.15) is 45.4 Å². The van der Waals surface area contributed by atoms with Crippen molar-refractivity contribution in [2.24, 2.45) is 0 Å². The second kappa shape index (κ2) is 6.33. The Bertz CT molecular complexity index is 216. The summed E-state index contributed by atoms with van der Waals surface area (Å²) in [5, 5.41) is 7.76. The lowest BCUT2D eigenvalue weighted by atomic mass is 10.1. The first kappa shape index (κ1) is 10.9. The topological polar surface area (TPSA) is 27.1 Å². The average molecular weight is 191 g/mol. The summed E-state index contributed by atoms with van der Waals surface area (Å²) in [5.74, 6) is 0.659. The molecule has 1 heterocycles. The SMILES string of the molecule is CCCCCCCC(=N)N1[C+]=CC=C1. The predicted molar refractivity (Wildman–Crippen MR) is 59.9 cm³/mol. The maximum absolute atomic E-state index is 7.76. The van der Waals surface area contributed by atoms with Gasteiger partial charge in [0.2, 0.25) is 0 Å². The number of hydrogen-bond acceptors (Lipinski definition) is 1. The Morgan fingerprint density at radius 1 is 1.29 bits per heavy atom. The lowest BCUT2D eigenvalue weighted by Crippen LogP contribution is -2.17. The maximum Gasteiger partial charge on any atom is 0.191 e. The molecule has 76 valence electrons. The zero-order valence-corrected chi connectivity index (χ0v) is 8.92. The minimum atomic E-state index is 0.659. The first-order chi connectivity index (χ1) is 6.84. The van der Waals surface area contributed by atoms with Crippen LogP contribution >= 0.6 is 0 Å². The number of allylic oxidation sites excluding steroid dienone is 2. The van der Waals surface area contributed by atoms with Gasteiger partial charge in [-0.25, -0.2) is 5.41 Å². The van der Waals surface area contributed by atoms with Gasteiger partial charge in [0, 0.05) is 6.42 Å². The third kappa shape index (κ3) is 3.71. The summed E-state index contributed by atoms with van der Waals surface area (Å²) in [6.07, 6.45) is 15.8. The molecule has 0 aromatic carbocycles. The first-order valence-electron chi connectivity index (χ1n) is 5.47. The molecule has 0 aromatic rings. The standard InChI is InChI=1S/C12H19N2/c1-2-3-4-5-6-9-12(13)14-10-7-8-11-14/h7-8,10,13H,2-6,9H2,1H3/q+1. The molecule has 0 saturated carbocycles. The van der Waals surface area contributed by atoms with Crippen LogP contribution in [0.2, 0.25) is 0 Å². The molecule has 0 bridgehead atoms. The van der Waals surface area contributed by atoms with Gasteiger partial charge in [-0.05, 0) is 6.42 Å². The molecular formula is C12H19N2+. The van der Waals surface area contributed by atoms with E-state index >= 15 is 0 Å². The Labute approximate surface area is 86.8 Å². The van der Waals surface area contributed by atoms with Crippen molar-refractivity contribution in [1.29, 1.82) is 5.41 Å². The maximum atomic E-state index is 7.76. The van der Waals surface area contributed by atoms with Crippen molar-refractivity contribution in [2.45, 2.75) is 45.4 Å². The summed E-state index contributed by atoms with van der Waals surface area (Å²) >= 11 is 0. The van der Waals surface area contributed by atoms with Gasteiger partial charge in [0.05, 0.1) is 6.08 Å². The predicted octanol–water partition coefficient (Wildman–Crippen LogP) is 3.47.